The van der Waals surface area contributed by atoms with Crippen LogP contribution in [0.3, 0.4) is 0 Å². The van der Waals surface area contributed by atoms with Gasteiger partial charge in [-0.1, -0.05) is 13.0 Å². The van der Waals surface area contributed by atoms with Crippen LogP contribution in [0.2, 0.25) is 0 Å². The molecule has 0 aromatic heterocycles. The van der Waals surface area contributed by atoms with E-state index in [0.717, 1.165) is 0 Å². The molecule has 5 nitrogen and oxygen atoms in total. The van der Waals surface area contributed by atoms with Crippen molar-refractivity contribution < 1.29 is 52.4 Å². The number of hydrogen-bond acceptors (Lipinski definition) is 4. The predicted octanol–water partition coefficient (Wildman–Crippen LogP) is -3.65. The summed E-state index contributed by atoms with van der Waals surface area (Å²) in [4.78, 5) is 10.3. The van der Waals surface area contributed by atoms with Gasteiger partial charge in [-0.25, -0.2) is 0 Å². The van der Waals surface area contributed by atoms with Gasteiger partial charge in [-0.05, 0) is 18.4 Å². The first kappa shape index (κ1) is 16.5. The predicted molar refractivity (Wildman–Crippen MR) is 44.4 cm³/mol. The molecule has 0 atom stereocenters. The van der Waals surface area contributed by atoms with Crippen molar-refractivity contribution in [1.82, 2.24) is 0 Å². The second-order valence-electron chi connectivity index (χ2n) is 2.45. The number of aliphatic carboxylic acids is 1. The van der Waals surface area contributed by atoms with E-state index in [1.807, 2.05) is 0 Å². The van der Waals surface area contributed by atoms with E-state index in [9.17, 15) is 18.3 Å². The summed E-state index contributed by atoms with van der Waals surface area (Å²) in [5, 5.41) is 10.3. The number of rotatable bonds is 5. The molecule has 0 aromatic carbocycles. The van der Waals surface area contributed by atoms with Gasteiger partial charge >= 0.3 is 29.6 Å². The summed E-state index contributed by atoms with van der Waals surface area (Å²) < 4.78 is 28.8. The topological polar surface area (TPSA) is 94.5 Å². The van der Waals surface area contributed by atoms with Crippen LogP contribution in [0, 0.1) is 0 Å². The summed E-state index contributed by atoms with van der Waals surface area (Å²) in [6, 6.07) is 0. The van der Waals surface area contributed by atoms with Gasteiger partial charge in [0.25, 0.3) is 10.1 Å². The van der Waals surface area contributed by atoms with Gasteiger partial charge in [0.15, 0.2) is 0 Å². The van der Waals surface area contributed by atoms with Crippen molar-refractivity contribution >= 4 is 16.1 Å². The van der Waals surface area contributed by atoms with Gasteiger partial charge in [0.1, 0.15) is 0 Å². The number of carboxylic acids is 1. The maximum Gasteiger partial charge on any atom is 1.00 e. The second-order valence-corrected chi connectivity index (χ2v) is 4.02. The summed E-state index contributed by atoms with van der Waals surface area (Å²) in [7, 11) is -4.01. The minimum Gasteiger partial charge on any atom is -0.545 e. The van der Waals surface area contributed by atoms with Crippen LogP contribution in [0.1, 0.15) is 19.8 Å². The molecule has 0 aliphatic carbocycles. The van der Waals surface area contributed by atoms with Crippen molar-refractivity contribution in [2.45, 2.75) is 19.8 Å². The van der Waals surface area contributed by atoms with Gasteiger partial charge in [0.05, 0.1) is 11.7 Å². The Labute approximate surface area is 105 Å². The van der Waals surface area contributed by atoms with Crippen molar-refractivity contribution in [3.63, 3.8) is 0 Å². The maximum absolute atomic E-state index is 10.3. The summed E-state index contributed by atoms with van der Waals surface area (Å²) in [5.74, 6) is -1.78. The molecule has 0 aliphatic rings. The van der Waals surface area contributed by atoms with Crippen molar-refractivity contribution in [1.29, 1.82) is 0 Å². The Kier molecular flexibility index (Phi) is 8.77. The first-order valence-electron chi connectivity index (χ1n) is 3.72. The summed E-state index contributed by atoms with van der Waals surface area (Å²) in [6.45, 7) is 1.62. The van der Waals surface area contributed by atoms with Crippen LogP contribution in [-0.2, 0) is 14.9 Å². The van der Waals surface area contributed by atoms with Crippen LogP contribution in [-0.4, -0.2) is 24.7 Å². The third-order valence-corrected chi connectivity index (χ3v) is 2.16. The zero-order valence-electron chi connectivity index (χ0n) is 8.19. The Balaban J connectivity index is 0. The molecular weight excluding hydrogens is 219 g/mol. The van der Waals surface area contributed by atoms with Gasteiger partial charge in [-0.3, -0.25) is 4.55 Å². The normalized spacial score (nSPS) is 12.0. The Morgan fingerprint density at radius 2 is 2.00 bits per heavy atom. The average molecular weight is 230 g/mol. The number of hydrogen-bond donors (Lipinski definition) is 1. The fourth-order valence-electron chi connectivity index (χ4n) is 0.754. The maximum atomic E-state index is 10.3. The van der Waals surface area contributed by atoms with E-state index in [1.54, 1.807) is 6.92 Å². The smallest absolute Gasteiger partial charge is 0.545 e. The molecule has 0 bridgehead atoms. The molecule has 1 N–H and O–H groups in total. The van der Waals surface area contributed by atoms with Gasteiger partial charge in [0.2, 0.25) is 0 Å². The molecule has 14 heavy (non-hydrogen) atoms. The Hall–Kier alpha value is 0.120. The van der Waals surface area contributed by atoms with Crippen LogP contribution < -0.4 is 34.7 Å². The third-order valence-electron chi connectivity index (χ3n) is 1.41. The molecule has 0 radical (unpaired) electrons. The molecule has 0 heterocycles. The monoisotopic (exact) mass is 230 g/mol. The number of carboxylic acid groups (broad SMARTS) is 1. The molecule has 0 amide bonds. The molecule has 76 valence electrons. The summed E-state index contributed by atoms with van der Waals surface area (Å²) in [6.07, 6.45) is 1.49. The van der Waals surface area contributed by atoms with Gasteiger partial charge in [-0.2, -0.15) is 8.42 Å². The molecule has 0 fully saturated rings. The van der Waals surface area contributed by atoms with Crippen molar-refractivity contribution in [3.05, 3.63) is 11.6 Å². The standard InChI is InChI=1S/C7H12O5S.Na/c1-2-6(7(8)9)4-3-5-13(10,11)12;/h4H,2-3,5H2,1H3,(H,8,9)(H,10,11,12);/q;+1/p-1. The second kappa shape index (κ2) is 7.42. The van der Waals surface area contributed by atoms with E-state index in [4.69, 9.17) is 4.55 Å². The van der Waals surface area contributed by atoms with E-state index in [0.29, 0.717) is 0 Å². The summed E-state index contributed by atoms with van der Waals surface area (Å²) >= 11 is 0. The van der Waals surface area contributed by atoms with Crippen LogP contribution in [0.25, 0.3) is 0 Å². The van der Waals surface area contributed by atoms with Crippen molar-refractivity contribution in [2.75, 3.05) is 5.75 Å². The third kappa shape index (κ3) is 8.71. The number of carbonyl (C=O) groups is 1. The van der Waals surface area contributed by atoms with E-state index in [2.05, 4.69) is 0 Å². The van der Waals surface area contributed by atoms with Gasteiger partial charge in [-0.15, -0.1) is 0 Å². The molecule has 0 unspecified atom stereocenters. The molecule has 0 rings (SSSR count). The number of carbonyl (C=O) groups excluding carboxylic acids is 1. The van der Waals surface area contributed by atoms with Gasteiger partial charge in [0, 0.05) is 0 Å². The SMILES string of the molecule is CCC(=CCCS(=O)(=O)O)C(=O)[O-].[Na+]. The van der Waals surface area contributed by atoms with Crippen molar-refractivity contribution in [2.24, 2.45) is 0 Å². The van der Waals surface area contributed by atoms with Crippen LogP contribution in [0.15, 0.2) is 11.6 Å². The Bertz CT molecular complexity index is 306. The minimum absolute atomic E-state index is 0. The Morgan fingerprint density at radius 3 is 2.29 bits per heavy atom. The minimum atomic E-state index is -4.01. The largest absolute Gasteiger partial charge is 1.00 e. The Morgan fingerprint density at radius 1 is 1.50 bits per heavy atom. The van der Waals surface area contributed by atoms with Crippen LogP contribution >= 0.6 is 0 Å². The zero-order valence-corrected chi connectivity index (χ0v) is 11.0. The van der Waals surface area contributed by atoms with Crippen LogP contribution in [0.5, 0.6) is 0 Å². The molecule has 0 saturated heterocycles. The van der Waals surface area contributed by atoms with Crippen LogP contribution in [0.4, 0.5) is 0 Å². The number of allylic oxidation sites excluding steroid dienone is 1. The fraction of sp³-hybridized carbons (Fsp3) is 0.571. The average Bonchev–Trinajstić information content (AvgIpc) is 1.95. The molecule has 7 heteroatoms. The first-order chi connectivity index (χ1) is 5.87. The quantitative estimate of drug-likeness (QED) is 0.298. The summed E-state index contributed by atoms with van der Waals surface area (Å²) in [5.41, 5.74) is 0.0450. The first-order valence-corrected chi connectivity index (χ1v) is 5.33. The molecular formula is C7H11NaO5S. The molecule has 0 aromatic rings. The molecule has 0 saturated carbocycles. The zero-order chi connectivity index (χ0) is 10.5. The van der Waals surface area contributed by atoms with Crippen molar-refractivity contribution in [3.8, 4) is 0 Å². The van der Waals surface area contributed by atoms with Gasteiger partial charge < -0.3 is 9.90 Å². The molecule has 0 aliphatic heterocycles. The molecule has 0 spiro atoms. The van der Waals surface area contributed by atoms with E-state index < -0.39 is 21.8 Å². The van der Waals surface area contributed by atoms with E-state index in [1.165, 1.54) is 6.08 Å². The fourth-order valence-corrected chi connectivity index (χ4v) is 1.17. The van der Waals surface area contributed by atoms with E-state index in [-0.39, 0.29) is 48.0 Å². The van der Waals surface area contributed by atoms with E-state index >= 15 is 0 Å².